The molecule has 1 heterocycles. The molecule has 1 aliphatic rings. The molecule has 1 fully saturated rings. The molecule has 8 heteroatoms. The number of aromatic hydroxyl groups is 1. The molecule has 2 rings (SSSR count). The highest BCUT2D eigenvalue weighted by Gasteiger charge is 2.32. The van der Waals surface area contributed by atoms with Crippen molar-refractivity contribution in [2.24, 2.45) is 0 Å². The summed E-state index contributed by atoms with van der Waals surface area (Å²) < 4.78 is 9.97. The van der Waals surface area contributed by atoms with Gasteiger partial charge in [-0.25, -0.2) is 9.59 Å². The Labute approximate surface area is 126 Å². The molecular formula is C14H16N2O6. The minimum Gasteiger partial charge on any atom is -0.507 e. The molecule has 3 amide bonds. The summed E-state index contributed by atoms with van der Waals surface area (Å²) >= 11 is 0. The van der Waals surface area contributed by atoms with Crippen LogP contribution in [0.25, 0.3) is 0 Å². The SMILES string of the molecule is COc1ccc(O)c(C(=O)OC(C)C(=O)N2CCNC2=O)c1. The molecule has 1 aliphatic heterocycles. The molecule has 1 aromatic rings. The number of carbonyl (C=O) groups excluding carboxylic acids is 3. The predicted octanol–water partition coefficient (Wildman–Crippen LogP) is 0.498. The predicted molar refractivity (Wildman–Crippen MR) is 74.6 cm³/mol. The van der Waals surface area contributed by atoms with E-state index in [0.29, 0.717) is 12.3 Å². The number of amides is 3. The molecule has 1 aromatic carbocycles. The Bertz CT molecular complexity index is 615. The van der Waals surface area contributed by atoms with Gasteiger partial charge in [0.2, 0.25) is 0 Å². The minimum atomic E-state index is -1.15. The van der Waals surface area contributed by atoms with E-state index in [1.165, 1.54) is 32.2 Å². The summed E-state index contributed by atoms with van der Waals surface area (Å²) in [6.45, 7) is 1.95. The summed E-state index contributed by atoms with van der Waals surface area (Å²) in [6.07, 6.45) is -1.15. The van der Waals surface area contributed by atoms with Crippen LogP contribution in [0.4, 0.5) is 4.79 Å². The molecule has 2 N–H and O–H groups in total. The molecule has 118 valence electrons. The second kappa shape index (κ2) is 6.33. The zero-order valence-corrected chi connectivity index (χ0v) is 12.2. The van der Waals surface area contributed by atoms with Crippen molar-refractivity contribution in [2.75, 3.05) is 20.2 Å². The maximum Gasteiger partial charge on any atom is 0.342 e. The van der Waals surface area contributed by atoms with Crippen LogP contribution in [0.2, 0.25) is 0 Å². The smallest absolute Gasteiger partial charge is 0.342 e. The van der Waals surface area contributed by atoms with Gasteiger partial charge >= 0.3 is 12.0 Å². The van der Waals surface area contributed by atoms with Crippen molar-refractivity contribution in [2.45, 2.75) is 13.0 Å². The van der Waals surface area contributed by atoms with Gasteiger partial charge in [0.1, 0.15) is 17.1 Å². The standard InChI is InChI=1S/C14H16N2O6/c1-8(12(18)16-6-5-15-14(16)20)22-13(19)10-7-9(21-2)3-4-11(10)17/h3-4,7-8,17H,5-6H2,1-2H3,(H,15,20). The number of phenolic OH excluding ortho intramolecular Hbond substituents is 1. The lowest BCUT2D eigenvalue weighted by Gasteiger charge is -2.18. The fourth-order valence-corrected chi connectivity index (χ4v) is 1.98. The number of hydrogen-bond acceptors (Lipinski definition) is 6. The van der Waals surface area contributed by atoms with E-state index in [1.807, 2.05) is 0 Å². The quantitative estimate of drug-likeness (QED) is 0.785. The lowest BCUT2D eigenvalue weighted by molar-refractivity contribution is -0.136. The second-order valence-electron chi connectivity index (χ2n) is 4.65. The maximum absolute atomic E-state index is 12.0. The Morgan fingerprint density at radius 1 is 1.41 bits per heavy atom. The topological polar surface area (TPSA) is 105 Å². The minimum absolute atomic E-state index is 0.120. The van der Waals surface area contributed by atoms with Crippen LogP contribution in [0.3, 0.4) is 0 Å². The second-order valence-corrected chi connectivity index (χ2v) is 4.65. The van der Waals surface area contributed by atoms with Gasteiger partial charge in [0.05, 0.1) is 7.11 Å². The van der Waals surface area contributed by atoms with Crippen molar-refractivity contribution < 1.29 is 29.0 Å². The number of urea groups is 1. The summed E-state index contributed by atoms with van der Waals surface area (Å²) in [6, 6.07) is 3.56. The monoisotopic (exact) mass is 308 g/mol. The highest BCUT2D eigenvalue weighted by atomic mass is 16.5. The molecule has 22 heavy (non-hydrogen) atoms. The Morgan fingerprint density at radius 3 is 2.73 bits per heavy atom. The Morgan fingerprint density at radius 2 is 2.14 bits per heavy atom. The number of carbonyl (C=O) groups is 3. The number of rotatable bonds is 4. The third kappa shape index (κ3) is 3.11. The molecule has 1 atom stereocenters. The normalized spacial score (nSPS) is 15.2. The molecule has 0 saturated carbocycles. The van der Waals surface area contributed by atoms with E-state index in [9.17, 15) is 19.5 Å². The number of hydrogen-bond donors (Lipinski definition) is 2. The van der Waals surface area contributed by atoms with Crippen LogP contribution < -0.4 is 10.1 Å². The molecule has 1 saturated heterocycles. The van der Waals surface area contributed by atoms with E-state index in [2.05, 4.69) is 5.32 Å². The average molecular weight is 308 g/mol. The Balaban J connectivity index is 2.08. The van der Waals surface area contributed by atoms with E-state index in [4.69, 9.17) is 9.47 Å². The summed E-state index contributed by atoms with van der Waals surface area (Å²) in [5.41, 5.74) is -0.120. The summed E-state index contributed by atoms with van der Waals surface area (Å²) in [7, 11) is 1.42. The van der Waals surface area contributed by atoms with Gasteiger partial charge in [-0.05, 0) is 25.1 Å². The van der Waals surface area contributed by atoms with Crippen molar-refractivity contribution in [3.05, 3.63) is 23.8 Å². The number of benzene rings is 1. The van der Waals surface area contributed by atoms with Gasteiger partial charge in [0.15, 0.2) is 6.10 Å². The molecular weight excluding hydrogens is 292 g/mol. The first-order valence-electron chi connectivity index (χ1n) is 6.61. The van der Waals surface area contributed by atoms with Crippen LogP contribution in [0.1, 0.15) is 17.3 Å². The van der Waals surface area contributed by atoms with E-state index in [0.717, 1.165) is 4.90 Å². The van der Waals surface area contributed by atoms with Crippen molar-refractivity contribution >= 4 is 17.9 Å². The fourth-order valence-electron chi connectivity index (χ4n) is 1.98. The number of phenols is 1. The zero-order chi connectivity index (χ0) is 16.3. The number of nitrogens with one attached hydrogen (secondary N) is 1. The van der Waals surface area contributed by atoms with Crippen molar-refractivity contribution in [3.63, 3.8) is 0 Å². The van der Waals surface area contributed by atoms with Crippen LogP contribution in [-0.4, -0.2) is 54.2 Å². The number of imide groups is 1. The van der Waals surface area contributed by atoms with E-state index in [-0.39, 0.29) is 17.9 Å². The summed E-state index contributed by atoms with van der Waals surface area (Å²) in [4.78, 5) is 36.5. The number of methoxy groups -OCH3 is 1. The lowest BCUT2D eigenvalue weighted by atomic mass is 10.2. The van der Waals surface area contributed by atoms with Gasteiger partial charge in [-0.1, -0.05) is 0 Å². The number of nitrogens with zero attached hydrogens (tertiary/aromatic N) is 1. The van der Waals surface area contributed by atoms with Gasteiger partial charge in [-0.3, -0.25) is 9.69 Å². The molecule has 0 aromatic heterocycles. The average Bonchev–Trinajstić information content (AvgIpc) is 2.92. The van der Waals surface area contributed by atoms with Crippen molar-refractivity contribution in [1.82, 2.24) is 10.2 Å². The van der Waals surface area contributed by atoms with Gasteiger partial charge in [0.25, 0.3) is 5.91 Å². The third-order valence-corrected chi connectivity index (χ3v) is 3.18. The Hall–Kier alpha value is -2.77. The fraction of sp³-hybridized carbons (Fsp3) is 0.357. The van der Waals surface area contributed by atoms with Crippen LogP contribution >= 0.6 is 0 Å². The van der Waals surface area contributed by atoms with Gasteiger partial charge in [-0.15, -0.1) is 0 Å². The lowest BCUT2D eigenvalue weighted by Crippen LogP contribution is -2.41. The molecule has 8 nitrogen and oxygen atoms in total. The van der Waals surface area contributed by atoms with Crippen LogP contribution in [0.5, 0.6) is 11.5 Å². The van der Waals surface area contributed by atoms with E-state index < -0.39 is 24.0 Å². The summed E-state index contributed by atoms with van der Waals surface area (Å²) in [5, 5.41) is 12.2. The van der Waals surface area contributed by atoms with E-state index in [1.54, 1.807) is 0 Å². The largest absolute Gasteiger partial charge is 0.507 e. The first-order valence-corrected chi connectivity index (χ1v) is 6.61. The molecule has 1 unspecified atom stereocenters. The Kier molecular flexibility index (Phi) is 4.50. The zero-order valence-electron chi connectivity index (χ0n) is 12.2. The van der Waals surface area contributed by atoms with Gasteiger partial charge < -0.3 is 19.9 Å². The first kappa shape index (κ1) is 15.6. The number of ether oxygens (including phenoxy) is 2. The van der Waals surface area contributed by atoms with Crippen molar-refractivity contribution in [1.29, 1.82) is 0 Å². The molecule has 0 radical (unpaired) electrons. The van der Waals surface area contributed by atoms with Crippen LogP contribution in [0.15, 0.2) is 18.2 Å². The van der Waals surface area contributed by atoms with Crippen LogP contribution in [-0.2, 0) is 9.53 Å². The van der Waals surface area contributed by atoms with Crippen LogP contribution in [0, 0.1) is 0 Å². The van der Waals surface area contributed by atoms with E-state index >= 15 is 0 Å². The maximum atomic E-state index is 12.0. The number of esters is 1. The molecule has 0 aliphatic carbocycles. The molecule has 0 spiro atoms. The third-order valence-electron chi connectivity index (χ3n) is 3.18. The van der Waals surface area contributed by atoms with Gasteiger partial charge in [-0.2, -0.15) is 0 Å². The summed E-state index contributed by atoms with van der Waals surface area (Å²) in [5.74, 6) is -1.42. The van der Waals surface area contributed by atoms with Gasteiger partial charge in [0, 0.05) is 13.1 Å². The highest BCUT2D eigenvalue weighted by molar-refractivity contribution is 6.00. The first-order chi connectivity index (χ1) is 10.4. The van der Waals surface area contributed by atoms with Crippen molar-refractivity contribution in [3.8, 4) is 11.5 Å². The highest BCUT2D eigenvalue weighted by Crippen LogP contribution is 2.24. The molecule has 0 bridgehead atoms.